The molecule has 0 aliphatic rings. The van der Waals surface area contributed by atoms with Gasteiger partial charge in [-0.15, -0.1) is 0 Å². The fourth-order valence-corrected chi connectivity index (χ4v) is 6.49. The van der Waals surface area contributed by atoms with Crippen LogP contribution in [-0.4, -0.2) is 36.4 Å². The number of carbonyl (C=O) groups is 2. The molecule has 308 valence electrons. The third-order valence-electron chi connectivity index (χ3n) is 9.89. The molecule has 5 heteroatoms. The van der Waals surface area contributed by atoms with Gasteiger partial charge in [-0.3, -0.25) is 9.59 Å². The van der Waals surface area contributed by atoms with Gasteiger partial charge in [0.25, 0.3) is 0 Å². The maximum Gasteiger partial charge on any atom is 0.306 e. The predicted molar refractivity (Wildman–Crippen MR) is 228 cm³/mol. The third-order valence-corrected chi connectivity index (χ3v) is 9.89. The molecule has 0 aliphatic heterocycles. The van der Waals surface area contributed by atoms with Gasteiger partial charge < -0.3 is 14.6 Å². The van der Waals surface area contributed by atoms with Gasteiger partial charge in [-0.1, -0.05) is 210 Å². The van der Waals surface area contributed by atoms with Crippen LogP contribution in [0.5, 0.6) is 0 Å². The summed E-state index contributed by atoms with van der Waals surface area (Å²) in [4.78, 5) is 24.3. The Balaban J connectivity index is 3.50. The Labute approximate surface area is 328 Å². The number of rotatable bonds is 41. The molecule has 0 aliphatic carbocycles. The molecule has 0 heterocycles. The molecular formula is C48H86O5. The van der Waals surface area contributed by atoms with Crippen LogP contribution in [0.4, 0.5) is 0 Å². The summed E-state index contributed by atoms with van der Waals surface area (Å²) in [5.41, 5.74) is 0. The van der Waals surface area contributed by atoms with Gasteiger partial charge in [0.05, 0.1) is 6.61 Å². The summed E-state index contributed by atoms with van der Waals surface area (Å²) in [6.45, 7) is 4.04. The molecule has 0 radical (unpaired) electrons. The summed E-state index contributed by atoms with van der Waals surface area (Å²) in [6, 6.07) is 0. The average molecular weight is 743 g/mol. The van der Waals surface area contributed by atoms with Crippen molar-refractivity contribution in [2.45, 2.75) is 232 Å². The Morgan fingerprint density at radius 2 is 0.811 bits per heavy atom. The molecule has 53 heavy (non-hydrogen) atoms. The van der Waals surface area contributed by atoms with E-state index in [9.17, 15) is 14.7 Å². The summed E-state index contributed by atoms with van der Waals surface area (Å²) in [5, 5.41) is 9.59. The van der Waals surface area contributed by atoms with Crippen LogP contribution in [0, 0.1) is 0 Å². The molecule has 0 aromatic rings. The van der Waals surface area contributed by atoms with E-state index in [0.717, 1.165) is 64.2 Å². The minimum atomic E-state index is -0.770. The van der Waals surface area contributed by atoms with Crippen molar-refractivity contribution in [1.82, 2.24) is 0 Å². The molecule has 5 nitrogen and oxygen atoms in total. The van der Waals surface area contributed by atoms with E-state index in [1.807, 2.05) is 0 Å². The van der Waals surface area contributed by atoms with Crippen LogP contribution >= 0.6 is 0 Å². The van der Waals surface area contributed by atoms with Crippen LogP contribution < -0.4 is 0 Å². The predicted octanol–water partition coefficient (Wildman–Crippen LogP) is 14.6. The summed E-state index contributed by atoms with van der Waals surface area (Å²) >= 11 is 0. The minimum absolute atomic E-state index is 0.0638. The SMILES string of the molecule is CC/C=C\C/C=C\C/C=C\C/C=C\CCCCCCCCCCCCCCC(=O)OC(CO)COC(=O)CCCCCCCCCCCCCCCC. The number of esters is 2. The van der Waals surface area contributed by atoms with Crippen molar-refractivity contribution < 1.29 is 24.2 Å². The number of aliphatic hydroxyl groups excluding tert-OH is 1. The van der Waals surface area contributed by atoms with Crippen LogP contribution in [-0.2, 0) is 19.1 Å². The van der Waals surface area contributed by atoms with Gasteiger partial charge in [0.1, 0.15) is 6.61 Å². The normalized spacial score (nSPS) is 12.6. The van der Waals surface area contributed by atoms with E-state index in [-0.39, 0.29) is 25.2 Å². The molecule has 0 aromatic carbocycles. The topological polar surface area (TPSA) is 72.8 Å². The molecule has 0 saturated heterocycles. The fraction of sp³-hybridized carbons (Fsp3) is 0.792. The largest absolute Gasteiger partial charge is 0.462 e. The fourth-order valence-electron chi connectivity index (χ4n) is 6.49. The van der Waals surface area contributed by atoms with E-state index in [4.69, 9.17) is 9.47 Å². The monoisotopic (exact) mass is 743 g/mol. The van der Waals surface area contributed by atoms with Gasteiger partial charge in [0, 0.05) is 12.8 Å². The van der Waals surface area contributed by atoms with Gasteiger partial charge >= 0.3 is 11.9 Å². The van der Waals surface area contributed by atoms with E-state index < -0.39 is 6.10 Å². The summed E-state index contributed by atoms with van der Waals surface area (Å²) in [6.07, 6.45) is 56.1. The Bertz CT molecular complexity index is 888. The molecular weight excluding hydrogens is 657 g/mol. The van der Waals surface area contributed by atoms with Crippen molar-refractivity contribution in [1.29, 1.82) is 0 Å². The molecule has 1 atom stereocenters. The lowest BCUT2D eigenvalue weighted by molar-refractivity contribution is -0.161. The van der Waals surface area contributed by atoms with Crippen molar-refractivity contribution in [2.75, 3.05) is 13.2 Å². The lowest BCUT2D eigenvalue weighted by atomic mass is 10.0. The second kappa shape index (κ2) is 44.3. The van der Waals surface area contributed by atoms with E-state index in [2.05, 4.69) is 62.5 Å². The molecule has 1 N–H and O–H groups in total. The molecule has 0 amide bonds. The second-order valence-corrected chi connectivity index (χ2v) is 15.1. The smallest absolute Gasteiger partial charge is 0.306 e. The average Bonchev–Trinajstić information content (AvgIpc) is 3.16. The first-order valence-electron chi connectivity index (χ1n) is 22.7. The van der Waals surface area contributed by atoms with Crippen molar-refractivity contribution in [3.8, 4) is 0 Å². The molecule has 0 saturated carbocycles. The van der Waals surface area contributed by atoms with Crippen molar-refractivity contribution >= 4 is 11.9 Å². The molecule has 0 aromatic heterocycles. The zero-order chi connectivity index (χ0) is 38.6. The Morgan fingerprint density at radius 3 is 1.23 bits per heavy atom. The number of aliphatic hydroxyl groups is 1. The van der Waals surface area contributed by atoms with Gasteiger partial charge in [0.15, 0.2) is 6.10 Å². The molecule has 0 bridgehead atoms. The zero-order valence-electron chi connectivity index (χ0n) is 35.0. The number of hydrogen-bond donors (Lipinski definition) is 1. The first-order chi connectivity index (χ1) is 26.1. The van der Waals surface area contributed by atoms with E-state index in [1.165, 1.54) is 135 Å². The number of ether oxygens (including phenoxy) is 2. The standard InChI is InChI=1S/C48H86O5/c1-3-5-7-9-11-13-15-17-19-20-21-22-23-24-25-26-27-28-29-31-33-35-37-39-41-43-48(51)53-46(44-49)45-52-47(50)42-40-38-36-34-32-30-18-16-14-12-10-8-6-4-2/h5,7,11,13,17,19,21-22,46,49H,3-4,6,8-10,12,14-16,18,20,23-45H2,1-2H3/b7-5-,13-11-,19-17-,22-21-. The number of unbranched alkanes of at least 4 members (excludes halogenated alkanes) is 25. The van der Waals surface area contributed by atoms with Crippen molar-refractivity contribution in [3.05, 3.63) is 48.6 Å². The zero-order valence-corrected chi connectivity index (χ0v) is 35.0. The highest BCUT2D eigenvalue weighted by Crippen LogP contribution is 2.15. The van der Waals surface area contributed by atoms with E-state index in [0.29, 0.717) is 12.8 Å². The highest BCUT2D eigenvalue weighted by atomic mass is 16.6. The van der Waals surface area contributed by atoms with Gasteiger partial charge in [-0.05, 0) is 51.4 Å². The van der Waals surface area contributed by atoms with Crippen LogP contribution in [0.15, 0.2) is 48.6 Å². The molecule has 1 unspecified atom stereocenters. The van der Waals surface area contributed by atoms with Gasteiger partial charge in [-0.2, -0.15) is 0 Å². The second-order valence-electron chi connectivity index (χ2n) is 15.1. The highest BCUT2D eigenvalue weighted by Gasteiger charge is 2.16. The molecule has 0 spiro atoms. The van der Waals surface area contributed by atoms with Crippen LogP contribution in [0.25, 0.3) is 0 Å². The Kier molecular flexibility index (Phi) is 42.5. The lowest BCUT2D eigenvalue weighted by Gasteiger charge is -2.15. The van der Waals surface area contributed by atoms with Gasteiger partial charge in [0.2, 0.25) is 0 Å². The lowest BCUT2D eigenvalue weighted by Crippen LogP contribution is -2.28. The molecule has 0 rings (SSSR count). The van der Waals surface area contributed by atoms with Crippen molar-refractivity contribution in [3.63, 3.8) is 0 Å². The third kappa shape index (κ3) is 42.5. The van der Waals surface area contributed by atoms with Crippen LogP contribution in [0.1, 0.15) is 226 Å². The maximum atomic E-state index is 12.2. The number of carbonyl (C=O) groups excluding carboxylic acids is 2. The highest BCUT2D eigenvalue weighted by molar-refractivity contribution is 5.70. The minimum Gasteiger partial charge on any atom is -0.462 e. The number of allylic oxidation sites excluding steroid dienone is 8. The van der Waals surface area contributed by atoms with Crippen molar-refractivity contribution in [2.24, 2.45) is 0 Å². The van der Waals surface area contributed by atoms with E-state index >= 15 is 0 Å². The Hall–Kier alpha value is -2.14. The summed E-state index contributed by atoms with van der Waals surface area (Å²) < 4.78 is 10.6. The van der Waals surface area contributed by atoms with Crippen LogP contribution in [0.3, 0.4) is 0 Å². The summed E-state index contributed by atoms with van der Waals surface area (Å²) in [7, 11) is 0. The molecule has 0 fully saturated rings. The van der Waals surface area contributed by atoms with Gasteiger partial charge in [-0.25, -0.2) is 0 Å². The number of hydrogen-bond acceptors (Lipinski definition) is 5. The first-order valence-corrected chi connectivity index (χ1v) is 22.7. The van der Waals surface area contributed by atoms with Crippen LogP contribution in [0.2, 0.25) is 0 Å². The summed E-state index contributed by atoms with van der Waals surface area (Å²) in [5.74, 6) is -0.586. The quantitative estimate of drug-likeness (QED) is 0.0384. The Morgan fingerprint density at radius 1 is 0.453 bits per heavy atom. The van der Waals surface area contributed by atoms with E-state index in [1.54, 1.807) is 0 Å². The maximum absolute atomic E-state index is 12.2. The first kappa shape index (κ1) is 50.9.